The Balaban J connectivity index is 0.00000300. The van der Waals surface area contributed by atoms with Gasteiger partial charge >= 0.3 is 0 Å². The van der Waals surface area contributed by atoms with Crippen LogP contribution in [0.25, 0.3) is 0 Å². The molecule has 2 aromatic carbocycles. The van der Waals surface area contributed by atoms with Crippen molar-refractivity contribution in [3.63, 3.8) is 0 Å². The van der Waals surface area contributed by atoms with E-state index in [1.165, 1.54) is 0 Å². The number of hydrogen-bond acceptors (Lipinski definition) is 4. The molecule has 1 fully saturated rings. The van der Waals surface area contributed by atoms with Crippen LogP contribution in [0.3, 0.4) is 0 Å². The zero-order chi connectivity index (χ0) is 19.9. The van der Waals surface area contributed by atoms with Crippen LogP contribution in [0.5, 0.6) is 11.5 Å². The molecule has 0 heterocycles. The van der Waals surface area contributed by atoms with Crippen molar-refractivity contribution in [1.82, 2.24) is 4.90 Å². The van der Waals surface area contributed by atoms with E-state index in [1.807, 2.05) is 55.6 Å². The molecule has 1 aliphatic carbocycles. The predicted octanol–water partition coefficient (Wildman–Crippen LogP) is 4.03. The number of hydrogen-bond donors (Lipinski definition) is 1. The molecule has 0 aliphatic heterocycles. The van der Waals surface area contributed by atoms with Crippen LogP contribution in [0.2, 0.25) is 0 Å². The molecule has 29 heavy (non-hydrogen) atoms. The average molecular weight is 419 g/mol. The summed E-state index contributed by atoms with van der Waals surface area (Å²) in [4.78, 5) is 14.6. The predicted molar refractivity (Wildman–Crippen MR) is 117 cm³/mol. The number of ether oxygens (including phenoxy) is 2. The van der Waals surface area contributed by atoms with Gasteiger partial charge in [0.05, 0.1) is 7.11 Å². The second kappa shape index (κ2) is 11.1. The molecule has 1 saturated carbocycles. The maximum atomic E-state index is 12.8. The second-order valence-corrected chi connectivity index (χ2v) is 7.49. The summed E-state index contributed by atoms with van der Waals surface area (Å²) in [6.45, 7) is 1.62. The Bertz CT molecular complexity index is 785. The Hall–Kier alpha value is -2.24. The van der Waals surface area contributed by atoms with Crippen LogP contribution >= 0.6 is 12.4 Å². The van der Waals surface area contributed by atoms with Gasteiger partial charge in [-0.1, -0.05) is 42.8 Å². The van der Waals surface area contributed by atoms with E-state index in [0.717, 1.165) is 30.4 Å². The number of amides is 1. The lowest BCUT2D eigenvalue weighted by Crippen LogP contribution is -2.36. The van der Waals surface area contributed by atoms with Gasteiger partial charge in [0.2, 0.25) is 5.91 Å². The van der Waals surface area contributed by atoms with Crippen LogP contribution in [0, 0.1) is 11.8 Å². The maximum absolute atomic E-state index is 12.8. The quantitative estimate of drug-likeness (QED) is 0.702. The van der Waals surface area contributed by atoms with Crippen LogP contribution < -0.4 is 15.2 Å². The Morgan fingerprint density at radius 1 is 1.10 bits per heavy atom. The number of halogens is 1. The zero-order valence-corrected chi connectivity index (χ0v) is 18.0. The molecule has 2 N–H and O–H groups in total. The number of methoxy groups -OCH3 is 1. The van der Waals surface area contributed by atoms with Crippen molar-refractivity contribution in [3.8, 4) is 11.5 Å². The van der Waals surface area contributed by atoms with Gasteiger partial charge in [0.25, 0.3) is 0 Å². The van der Waals surface area contributed by atoms with Crippen molar-refractivity contribution in [1.29, 1.82) is 0 Å². The number of carbonyl (C=O) groups is 1. The van der Waals surface area contributed by atoms with Crippen molar-refractivity contribution in [2.45, 2.75) is 32.4 Å². The lowest BCUT2D eigenvalue weighted by atomic mass is 9.95. The minimum Gasteiger partial charge on any atom is -0.493 e. The third kappa shape index (κ3) is 5.87. The van der Waals surface area contributed by atoms with Crippen LogP contribution in [-0.4, -0.2) is 31.5 Å². The number of rotatable bonds is 8. The van der Waals surface area contributed by atoms with Gasteiger partial charge in [0.15, 0.2) is 11.5 Å². The fraction of sp³-hybridized carbons (Fsp3) is 0.435. The molecular formula is C23H31ClN2O3. The van der Waals surface area contributed by atoms with Gasteiger partial charge in [-0.25, -0.2) is 0 Å². The van der Waals surface area contributed by atoms with E-state index in [-0.39, 0.29) is 24.2 Å². The minimum absolute atomic E-state index is 0. The van der Waals surface area contributed by atoms with E-state index in [1.54, 1.807) is 12.0 Å². The highest BCUT2D eigenvalue weighted by molar-refractivity contribution is 5.85. The molecule has 3 rings (SSSR count). The molecule has 0 bridgehead atoms. The van der Waals surface area contributed by atoms with Gasteiger partial charge in [-0.05, 0) is 48.6 Å². The Morgan fingerprint density at radius 2 is 1.86 bits per heavy atom. The molecule has 0 saturated heterocycles. The van der Waals surface area contributed by atoms with Crippen molar-refractivity contribution in [2.75, 3.05) is 20.7 Å². The molecule has 2 aromatic rings. The summed E-state index contributed by atoms with van der Waals surface area (Å²) in [6, 6.07) is 15.9. The van der Waals surface area contributed by atoms with Crippen LogP contribution in [-0.2, 0) is 17.9 Å². The monoisotopic (exact) mass is 418 g/mol. The lowest BCUT2D eigenvalue weighted by molar-refractivity contribution is -0.135. The van der Waals surface area contributed by atoms with Crippen molar-refractivity contribution >= 4 is 18.3 Å². The van der Waals surface area contributed by atoms with Crippen molar-refractivity contribution in [2.24, 2.45) is 17.6 Å². The number of nitrogens with two attached hydrogens (primary N) is 1. The summed E-state index contributed by atoms with van der Waals surface area (Å²) in [5, 5.41) is 0. The van der Waals surface area contributed by atoms with E-state index in [0.29, 0.717) is 37.1 Å². The van der Waals surface area contributed by atoms with Gasteiger partial charge in [0, 0.05) is 19.5 Å². The number of benzene rings is 2. The smallest absolute Gasteiger partial charge is 0.226 e. The summed E-state index contributed by atoms with van der Waals surface area (Å²) >= 11 is 0. The van der Waals surface area contributed by atoms with Crippen LogP contribution in [0.4, 0.5) is 0 Å². The molecule has 0 unspecified atom stereocenters. The lowest BCUT2D eigenvalue weighted by Gasteiger charge is -2.25. The molecule has 0 radical (unpaired) electrons. The van der Waals surface area contributed by atoms with Gasteiger partial charge in [-0.15, -0.1) is 12.4 Å². The highest BCUT2D eigenvalue weighted by Gasteiger charge is 2.33. The topological polar surface area (TPSA) is 64.8 Å². The highest BCUT2D eigenvalue weighted by Crippen LogP contribution is 2.33. The highest BCUT2D eigenvalue weighted by atomic mass is 35.5. The van der Waals surface area contributed by atoms with Crippen molar-refractivity contribution < 1.29 is 14.3 Å². The molecular weight excluding hydrogens is 388 g/mol. The maximum Gasteiger partial charge on any atom is 0.226 e. The summed E-state index contributed by atoms with van der Waals surface area (Å²) in [7, 11) is 3.49. The Morgan fingerprint density at radius 3 is 2.55 bits per heavy atom. The van der Waals surface area contributed by atoms with E-state index in [9.17, 15) is 4.79 Å². The summed E-state index contributed by atoms with van der Waals surface area (Å²) in [5.74, 6) is 1.94. The molecule has 5 nitrogen and oxygen atoms in total. The molecule has 1 aliphatic rings. The molecule has 1 amide bonds. The number of carbonyl (C=O) groups excluding carboxylic acids is 1. The molecule has 0 spiro atoms. The fourth-order valence-electron chi connectivity index (χ4n) is 3.94. The van der Waals surface area contributed by atoms with Gasteiger partial charge in [0.1, 0.15) is 6.61 Å². The third-order valence-electron chi connectivity index (χ3n) is 5.54. The summed E-state index contributed by atoms with van der Waals surface area (Å²) in [6.07, 6.45) is 3.09. The average Bonchev–Trinajstić information content (AvgIpc) is 3.21. The molecule has 0 aromatic heterocycles. The molecule has 158 valence electrons. The largest absolute Gasteiger partial charge is 0.493 e. The summed E-state index contributed by atoms with van der Waals surface area (Å²) in [5.41, 5.74) is 7.96. The van der Waals surface area contributed by atoms with Crippen LogP contribution in [0.15, 0.2) is 48.5 Å². The van der Waals surface area contributed by atoms with E-state index < -0.39 is 0 Å². The first-order chi connectivity index (χ1) is 13.6. The Kier molecular flexibility index (Phi) is 8.80. The fourth-order valence-corrected chi connectivity index (χ4v) is 3.94. The van der Waals surface area contributed by atoms with Crippen molar-refractivity contribution in [3.05, 3.63) is 59.7 Å². The van der Waals surface area contributed by atoms with Gasteiger partial charge in [-0.3, -0.25) is 4.79 Å². The third-order valence-corrected chi connectivity index (χ3v) is 5.54. The SMILES string of the molecule is COc1cc(CN(C)C(=O)[C@@H]2CCC[C@@H]2CN)ccc1OCc1ccccc1.Cl. The normalized spacial score (nSPS) is 18.0. The first-order valence-corrected chi connectivity index (χ1v) is 9.91. The van der Waals surface area contributed by atoms with E-state index >= 15 is 0 Å². The number of nitrogens with zero attached hydrogens (tertiary/aromatic N) is 1. The van der Waals surface area contributed by atoms with Gasteiger partial charge in [-0.2, -0.15) is 0 Å². The minimum atomic E-state index is 0. The second-order valence-electron chi connectivity index (χ2n) is 7.49. The first kappa shape index (κ1) is 23.0. The standard InChI is InChI=1S/C23H30N2O3.ClH/c1-25(23(26)20-10-6-9-19(20)14-24)15-18-11-12-21(22(13-18)27-2)28-16-17-7-4-3-5-8-17;/h3-5,7-8,11-13,19-20H,6,9-10,14-16,24H2,1-2H3;1H/t19-,20-;/m1./s1. The zero-order valence-electron chi connectivity index (χ0n) is 17.2. The van der Waals surface area contributed by atoms with E-state index in [2.05, 4.69) is 0 Å². The van der Waals surface area contributed by atoms with Gasteiger partial charge < -0.3 is 20.1 Å². The first-order valence-electron chi connectivity index (χ1n) is 9.91. The van der Waals surface area contributed by atoms with E-state index in [4.69, 9.17) is 15.2 Å². The summed E-state index contributed by atoms with van der Waals surface area (Å²) < 4.78 is 11.4. The molecule has 2 atom stereocenters. The Labute approximate surface area is 179 Å². The molecule has 6 heteroatoms. The van der Waals surface area contributed by atoms with Crippen LogP contribution in [0.1, 0.15) is 30.4 Å².